The van der Waals surface area contributed by atoms with Gasteiger partial charge in [0, 0.05) is 13.2 Å². The minimum Gasteiger partial charge on any atom is -0.379 e. The van der Waals surface area contributed by atoms with Crippen LogP contribution in [-0.4, -0.2) is 22.9 Å². The minimum absolute atomic E-state index is 0.00127. The number of ether oxygens (including phenoxy) is 1. The molecule has 0 amide bonds. The molecule has 0 aromatic carbocycles. The van der Waals surface area contributed by atoms with Crippen molar-refractivity contribution in [1.82, 2.24) is 10.2 Å². The van der Waals surface area contributed by atoms with Gasteiger partial charge in [0.2, 0.25) is 0 Å². The molecule has 0 saturated heterocycles. The number of aryl methyl sites for hydroxylation is 2. The van der Waals surface area contributed by atoms with E-state index in [1.54, 1.807) is 7.11 Å². The summed E-state index contributed by atoms with van der Waals surface area (Å²) in [6, 6.07) is 2.02. The Bertz CT molecular complexity index is 377. The van der Waals surface area contributed by atoms with Crippen LogP contribution in [0.5, 0.6) is 0 Å². The molecule has 0 spiro atoms. The van der Waals surface area contributed by atoms with Crippen LogP contribution in [0.1, 0.15) is 49.7 Å². The molecular weight excluding hydrogens is 214 g/mol. The number of nitrogens with zero attached hydrogens (tertiary/aromatic N) is 2. The van der Waals surface area contributed by atoms with E-state index in [0.29, 0.717) is 0 Å². The Hall–Kier alpha value is -1.00. The SMILES string of the molecule is COC(C)(C)CCC(N)c1cc(C)nnc1C. The lowest BCUT2D eigenvalue weighted by molar-refractivity contribution is 0.0124. The van der Waals surface area contributed by atoms with Crippen molar-refractivity contribution in [3.05, 3.63) is 23.0 Å². The van der Waals surface area contributed by atoms with Gasteiger partial charge in [-0.05, 0) is 52.2 Å². The molecule has 17 heavy (non-hydrogen) atoms. The van der Waals surface area contributed by atoms with Gasteiger partial charge in [-0.3, -0.25) is 0 Å². The molecule has 1 aromatic heterocycles. The van der Waals surface area contributed by atoms with Crippen LogP contribution in [-0.2, 0) is 4.74 Å². The molecule has 0 bridgehead atoms. The molecule has 1 rings (SSSR count). The largest absolute Gasteiger partial charge is 0.379 e. The normalized spacial score (nSPS) is 13.8. The van der Waals surface area contributed by atoms with E-state index in [1.165, 1.54) is 0 Å². The highest BCUT2D eigenvalue weighted by molar-refractivity contribution is 5.23. The van der Waals surface area contributed by atoms with E-state index in [9.17, 15) is 0 Å². The predicted octanol–water partition coefficient (Wildman–Crippen LogP) is 2.30. The van der Waals surface area contributed by atoms with Crippen LogP contribution in [0.3, 0.4) is 0 Å². The second-order valence-electron chi connectivity index (χ2n) is 5.14. The number of nitrogens with two attached hydrogens (primary N) is 1. The lowest BCUT2D eigenvalue weighted by Crippen LogP contribution is -2.25. The zero-order valence-electron chi connectivity index (χ0n) is 11.4. The first kappa shape index (κ1) is 14.1. The summed E-state index contributed by atoms with van der Waals surface area (Å²) >= 11 is 0. The van der Waals surface area contributed by atoms with Gasteiger partial charge in [0.25, 0.3) is 0 Å². The first-order valence-electron chi connectivity index (χ1n) is 5.97. The van der Waals surface area contributed by atoms with Gasteiger partial charge < -0.3 is 10.5 Å². The Morgan fingerprint density at radius 2 is 2.00 bits per heavy atom. The van der Waals surface area contributed by atoms with E-state index < -0.39 is 0 Å². The Morgan fingerprint density at radius 3 is 2.59 bits per heavy atom. The summed E-state index contributed by atoms with van der Waals surface area (Å²) in [6.45, 7) is 8.02. The molecule has 0 aliphatic heterocycles. The van der Waals surface area contributed by atoms with Crippen molar-refractivity contribution in [2.24, 2.45) is 5.73 Å². The second-order valence-corrected chi connectivity index (χ2v) is 5.14. The van der Waals surface area contributed by atoms with Gasteiger partial charge in [-0.1, -0.05) is 0 Å². The summed E-state index contributed by atoms with van der Waals surface area (Å²) in [4.78, 5) is 0. The Balaban J connectivity index is 2.70. The van der Waals surface area contributed by atoms with Crippen molar-refractivity contribution in [2.75, 3.05) is 7.11 Å². The van der Waals surface area contributed by atoms with E-state index in [-0.39, 0.29) is 11.6 Å². The van der Waals surface area contributed by atoms with Crippen molar-refractivity contribution in [3.63, 3.8) is 0 Å². The summed E-state index contributed by atoms with van der Waals surface area (Å²) < 4.78 is 5.39. The zero-order valence-corrected chi connectivity index (χ0v) is 11.4. The monoisotopic (exact) mass is 237 g/mol. The van der Waals surface area contributed by atoms with Gasteiger partial charge in [-0.15, -0.1) is 0 Å². The van der Waals surface area contributed by atoms with Gasteiger partial charge in [-0.2, -0.15) is 10.2 Å². The van der Waals surface area contributed by atoms with Crippen LogP contribution < -0.4 is 5.73 Å². The lowest BCUT2D eigenvalue weighted by atomic mass is 9.95. The van der Waals surface area contributed by atoms with Crippen molar-refractivity contribution < 1.29 is 4.74 Å². The molecule has 4 heteroatoms. The van der Waals surface area contributed by atoms with Crippen molar-refractivity contribution in [3.8, 4) is 0 Å². The third-order valence-electron chi connectivity index (χ3n) is 3.15. The summed E-state index contributed by atoms with van der Waals surface area (Å²) in [5.74, 6) is 0. The molecule has 96 valence electrons. The Kier molecular flexibility index (Phi) is 4.60. The fourth-order valence-electron chi connectivity index (χ4n) is 1.71. The molecule has 1 aromatic rings. The van der Waals surface area contributed by atoms with Crippen LogP contribution >= 0.6 is 0 Å². The average molecular weight is 237 g/mol. The molecular formula is C13H23N3O. The van der Waals surface area contributed by atoms with Crippen molar-refractivity contribution >= 4 is 0 Å². The maximum atomic E-state index is 6.20. The first-order chi connectivity index (χ1) is 7.85. The van der Waals surface area contributed by atoms with Crippen LogP contribution in [0.15, 0.2) is 6.07 Å². The third-order valence-corrected chi connectivity index (χ3v) is 3.15. The molecule has 0 aliphatic carbocycles. The average Bonchev–Trinajstić information content (AvgIpc) is 2.29. The molecule has 0 aliphatic rings. The van der Waals surface area contributed by atoms with Crippen LogP contribution in [0.2, 0.25) is 0 Å². The van der Waals surface area contributed by atoms with E-state index >= 15 is 0 Å². The lowest BCUT2D eigenvalue weighted by Gasteiger charge is -2.25. The summed E-state index contributed by atoms with van der Waals surface area (Å²) in [5.41, 5.74) is 8.99. The highest BCUT2D eigenvalue weighted by Gasteiger charge is 2.19. The molecule has 2 N–H and O–H groups in total. The smallest absolute Gasteiger partial charge is 0.0648 e. The highest BCUT2D eigenvalue weighted by Crippen LogP contribution is 2.24. The Labute approximate surface area is 104 Å². The van der Waals surface area contributed by atoms with Gasteiger partial charge in [-0.25, -0.2) is 0 Å². The maximum Gasteiger partial charge on any atom is 0.0648 e. The van der Waals surface area contributed by atoms with E-state index in [2.05, 4.69) is 24.0 Å². The fourth-order valence-corrected chi connectivity index (χ4v) is 1.71. The summed E-state index contributed by atoms with van der Waals surface area (Å²) in [5, 5.41) is 8.12. The fraction of sp³-hybridized carbons (Fsp3) is 0.692. The Morgan fingerprint density at radius 1 is 1.35 bits per heavy atom. The van der Waals surface area contributed by atoms with Gasteiger partial charge in [0.1, 0.15) is 0 Å². The van der Waals surface area contributed by atoms with Crippen molar-refractivity contribution in [1.29, 1.82) is 0 Å². The maximum absolute atomic E-state index is 6.20. The van der Waals surface area contributed by atoms with Crippen LogP contribution in [0, 0.1) is 13.8 Å². The molecule has 4 nitrogen and oxygen atoms in total. The highest BCUT2D eigenvalue weighted by atomic mass is 16.5. The van der Waals surface area contributed by atoms with Gasteiger partial charge >= 0.3 is 0 Å². The van der Waals surface area contributed by atoms with Gasteiger partial charge in [0.05, 0.1) is 17.0 Å². The van der Waals surface area contributed by atoms with Crippen molar-refractivity contribution in [2.45, 2.75) is 52.2 Å². The number of hydrogen-bond acceptors (Lipinski definition) is 4. The summed E-state index contributed by atoms with van der Waals surface area (Å²) in [7, 11) is 1.73. The number of hydrogen-bond donors (Lipinski definition) is 1. The molecule has 1 atom stereocenters. The zero-order chi connectivity index (χ0) is 13.1. The van der Waals surface area contributed by atoms with Crippen LogP contribution in [0.25, 0.3) is 0 Å². The minimum atomic E-state index is -0.124. The number of aromatic nitrogens is 2. The number of rotatable bonds is 5. The molecule has 0 fully saturated rings. The molecule has 0 saturated carbocycles. The van der Waals surface area contributed by atoms with E-state index in [0.717, 1.165) is 29.8 Å². The van der Waals surface area contributed by atoms with Crippen LogP contribution in [0.4, 0.5) is 0 Å². The predicted molar refractivity (Wildman–Crippen MR) is 68.8 cm³/mol. The third kappa shape index (κ3) is 4.06. The quantitative estimate of drug-likeness (QED) is 0.853. The van der Waals surface area contributed by atoms with E-state index in [1.807, 2.05) is 19.9 Å². The molecule has 1 unspecified atom stereocenters. The summed E-state index contributed by atoms with van der Waals surface area (Å²) in [6.07, 6.45) is 1.80. The number of methoxy groups -OCH3 is 1. The molecule has 1 heterocycles. The molecule has 0 radical (unpaired) electrons. The standard InChI is InChI=1S/C13H23N3O/c1-9-8-11(10(2)16-15-9)12(14)6-7-13(3,4)17-5/h8,12H,6-7,14H2,1-5H3. The second kappa shape index (κ2) is 5.56. The topological polar surface area (TPSA) is 61.0 Å². The van der Waals surface area contributed by atoms with Gasteiger partial charge in [0.15, 0.2) is 0 Å². The first-order valence-corrected chi connectivity index (χ1v) is 5.97. The van der Waals surface area contributed by atoms with E-state index in [4.69, 9.17) is 10.5 Å².